The molecule has 16 heavy (non-hydrogen) atoms. The molecule has 2 aliphatic rings. The molecule has 0 bridgehead atoms. The standard InChI is InChI=1S/C13H19FS2/c1-16(2,9-15-16)13-5-3-4-10-8-11(14)6-7-12(10)13/h6-8,13,16H,3-5,9H2,1-2H3. The van der Waals surface area contributed by atoms with Crippen molar-refractivity contribution < 1.29 is 4.39 Å². The molecule has 0 N–H and O–H groups in total. The summed E-state index contributed by atoms with van der Waals surface area (Å²) in [6, 6.07) is 5.45. The van der Waals surface area contributed by atoms with Crippen molar-refractivity contribution in [1.82, 2.24) is 0 Å². The molecule has 3 heteroatoms. The maximum Gasteiger partial charge on any atom is 0.123 e. The number of fused-ring (bicyclic) bond motifs is 1. The van der Waals surface area contributed by atoms with Crippen molar-refractivity contribution in [2.24, 2.45) is 0 Å². The van der Waals surface area contributed by atoms with E-state index in [0.29, 0.717) is 0 Å². The van der Waals surface area contributed by atoms with Gasteiger partial charge in [0.25, 0.3) is 0 Å². The summed E-state index contributed by atoms with van der Waals surface area (Å²) in [5, 5.41) is 2.10. The van der Waals surface area contributed by atoms with E-state index in [2.05, 4.69) is 29.4 Å². The third-order valence-electron chi connectivity index (χ3n) is 4.15. The minimum atomic E-state index is -1.45. The highest BCUT2D eigenvalue weighted by atomic mass is 33.2. The molecule has 0 amide bonds. The van der Waals surface area contributed by atoms with Gasteiger partial charge < -0.3 is 0 Å². The molecule has 1 heterocycles. The summed E-state index contributed by atoms with van der Waals surface area (Å²) in [7, 11) is 0.735. The maximum absolute atomic E-state index is 13.2. The summed E-state index contributed by atoms with van der Waals surface area (Å²) < 4.78 is 13.2. The van der Waals surface area contributed by atoms with Gasteiger partial charge in [-0.15, -0.1) is 10.8 Å². The van der Waals surface area contributed by atoms with Crippen LogP contribution in [0.25, 0.3) is 0 Å². The zero-order valence-electron chi connectivity index (χ0n) is 9.87. The number of hydrogen-bond acceptors (Lipinski definition) is 1. The predicted octanol–water partition coefficient (Wildman–Crippen LogP) is 4.15. The number of benzene rings is 1. The molecule has 1 aromatic carbocycles. The third kappa shape index (κ3) is 1.60. The Balaban J connectivity index is 2.07. The Morgan fingerprint density at radius 1 is 1.38 bits per heavy atom. The highest BCUT2D eigenvalue weighted by Crippen LogP contribution is 2.97. The lowest BCUT2D eigenvalue weighted by Gasteiger charge is -2.45. The van der Waals surface area contributed by atoms with Crippen LogP contribution in [0.3, 0.4) is 0 Å². The second-order valence-corrected chi connectivity index (χ2v) is 16.9. The first kappa shape index (κ1) is 11.0. The van der Waals surface area contributed by atoms with E-state index >= 15 is 0 Å². The normalized spacial score (nSPS) is 32.2. The molecule has 1 atom stereocenters. The van der Waals surface area contributed by atoms with Crippen molar-refractivity contribution in [2.45, 2.75) is 24.5 Å². The summed E-state index contributed by atoms with van der Waals surface area (Å²) in [6.07, 6.45) is 8.62. The summed E-state index contributed by atoms with van der Waals surface area (Å²) >= 11 is 0. The van der Waals surface area contributed by atoms with E-state index in [1.54, 1.807) is 12.1 Å². The molecule has 1 aliphatic carbocycles. The molecule has 0 spiro atoms. The van der Waals surface area contributed by atoms with Crippen molar-refractivity contribution >= 4 is 19.0 Å². The van der Waals surface area contributed by atoms with Gasteiger partial charge in [-0.25, -0.2) is 12.6 Å². The van der Waals surface area contributed by atoms with Crippen molar-refractivity contribution in [3.8, 4) is 0 Å². The Morgan fingerprint density at radius 3 is 2.81 bits per heavy atom. The monoisotopic (exact) mass is 258 g/mol. The topological polar surface area (TPSA) is 0 Å². The quantitative estimate of drug-likeness (QED) is 0.448. The van der Waals surface area contributed by atoms with Crippen LogP contribution in [0.1, 0.15) is 29.2 Å². The first-order chi connectivity index (χ1) is 7.48. The van der Waals surface area contributed by atoms with Gasteiger partial charge in [-0.05, 0) is 55.0 Å². The number of aryl methyl sites for hydroxylation is 1. The fourth-order valence-corrected chi connectivity index (χ4v) is 11.0. The average Bonchev–Trinajstić information content (AvgIpc) is 2.90. The van der Waals surface area contributed by atoms with E-state index in [9.17, 15) is 4.39 Å². The third-order valence-corrected chi connectivity index (χ3v) is 13.8. The first-order valence-corrected chi connectivity index (χ1v) is 10.9. The van der Waals surface area contributed by atoms with E-state index < -0.39 is 8.19 Å². The first-order valence-electron chi connectivity index (χ1n) is 5.92. The van der Waals surface area contributed by atoms with Crippen molar-refractivity contribution in [3.63, 3.8) is 0 Å². The molecule has 0 nitrogen and oxygen atoms in total. The minimum Gasteiger partial charge on any atom is -0.236 e. The molecule has 3 rings (SSSR count). The molecular formula is C13H19FS2. The molecule has 1 aliphatic heterocycles. The lowest BCUT2D eigenvalue weighted by atomic mass is 9.91. The number of halogens is 1. The Labute approximate surface area is 101 Å². The number of hydrogen-bond donors (Lipinski definition) is 1. The second kappa shape index (κ2) is 3.20. The van der Waals surface area contributed by atoms with Crippen LogP contribution in [0.5, 0.6) is 0 Å². The fourth-order valence-electron chi connectivity index (χ4n) is 2.92. The van der Waals surface area contributed by atoms with Crippen LogP contribution in [-0.4, -0.2) is 17.6 Å². The summed E-state index contributed by atoms with van der Waals surface area (Å²) in [4.78, 5) is 0. The van der Waals surface area contributed by atoms with Gasteiger partial charge in [0.2, 0.25) is 0 Å². The zero-order chi connectivity index (χ0) is 11.4. The molecule has 0 radical (unpaired) electrons. The molecular weight excluding hydrogens is 239 g/mol. The van der Waals surface area contributed by atoms with Crippen LogP contribution in [0.15, 0.2) is 18.2 Å². The minimum absolute atomic E-state index is 0.0705. The van der Waals surface area contributed by atoms with Gasteiger partial charge in [-0.2, -0.15) is 0 Å². The predicted molar refractivity (Wildman–Crippen MR) is 75.4 cm³/mol. The molecule has 1 saturated heterocycles. The summed E-state index contributed by atoms with van der Waals surface area (Å²) in [6.45, 7) is 0. The lowest BCUT2D eigenvalue weighted by molar-refractivity contribution is 0.611. The van der Waals surface area contributed by atoms with Gasteiger partial charge in [0, 0.05) is 10.3 Å². The Morgan fingerprint density at radius 2 is 2.12 bits per heavy atom. The van der Waals surface area contributed by atoms with Crippen molar-refractivity contribution in [2.75, 3.05) is 17.6 Å². The van der Waals surface area contributed by atoms with Crippen LogP contribution in [-0.2, 0) is 6.42 Å². The fraction of sp³-hybridized carbons (Fsp3) is 0.538. The lowest BCUT2D eigenvalue weighted by Crippen LogP contribution is -2.16. The van der Waals surface area contributed by atoms with Crippen LogP contribution < -0.4 is 0 Å². The van der Waals surface area contributed by atoms with E-state index in [1.165, 1.54) is 29.1 Å². The smallest absolute Gasteiger partial charge is 0.123 e. The highest BCUT2D eigenvalue weighted by Gasteiger charge is 2.52. The van der Waals surface area contributed by atoms with Gasteiger partial charge in [0.1, 0.15) is 5.82 Å². The zero-order valence-corrected chi connectivity index (χ0v) is 11.6. The van der Waals surface area contributed by atoms with E-state index in [1.807, 2.05) is 0 Å². The van der Waals surface area contributed by atoms with Gasteiger partial charge >= 0.3 is 0 Å². The van der Waals surface area contributed by atoms with Crippen LogP contribution >= 0.6 is 19.0 Å². The molecule has 90 valence electrons. The van der Waals surface area contributed by atoms with Crippen molar-refractivity contribution in [3.05, 3.63) is 35.1 Å². The van der Waals surface area contributed by atoms with Gasteiger partial charge in [0.15, 0.2) is 0 Å². The van der Waals surface area contributed by atoms with Crippen LogP contribution in [0, 0.1) is 5.82 Å². The molecule has 1 aromatic rings. The summed E-state index contributed by atoms with van der Waals surface area (Å²) in [5.74, 6) is -0.0705. The summed E-state index contributed by atoms with van der Waals surface area (Å²) in [5.41, 5.74) is 2.73. The van der Waals surface area contributed by atoms with E-state index in [-0.39, 0.29) is 5.82 Å². The Hall–Kier alpha value is -0.150. The Kier molecular flexibility index (Phi) is 2.19. The number of thiol groups is 1. The van der Waals surface area contributed by atoms with Crippen LogP contribution in [0.4, 0.5) is 4.39 Å². The molecule has 0 saturated carbocycles. The Bertz CT molecular complexity index is 445. The van der Waals surface area contributed by atoms with Gasteiger partial charge in [-0.1, -0.05) is 6.07 Å². The SMILES string of the molecule is C[SH]1(C)(C2CCCc3cc(F)ccc32)CS1. The maximum atomic E-state index is 13.2. The number of rotatable bonds is 1. The largest absolute Gasteiger partial charge is 0.236 e. The van der Waals surface area contributed by atoms with Gasteiger partial charge in [0.05, 0.1) is 0 Å². The van der Waals surface area contributed by atoms with E-state index in [0.717, 1.165) is 11.7 Å². The average molecular weight is 258 g/mol. The van der Waals surface area contributed by atoms with Crippen molar-refractivity contribution in [1.29, 1.82) is 0 Å². The molecule has 1 unspecified atom stereocenters. The highest BCUT2D eigenvalue weighted by molar-refractivity contribution is 9.16. The second-order valence-electron chi connectivity index (χ2n) is 5.89. The molecule has 1 fully saturated rings. The van der Waals surface area contributed by atoms with Gasteiger partial charge in [-0.3, -0.25) is 0 Å². The van der Waals surface area contributed by atoms with Crippen LogP contribution in [0.2, 0.25) is 0 Å². The molecule has 0 aromatic heterocycles. The van der Waals surface area contributed by atoms with E-state index in [4.69, 9.17) is 0 Å².